The predicted octanol–water partition coefficient (Wildman–Crippen LogP) is 1.82. The highest BCUT2D eigenvalue weighted by Gasteiger charge is 2.20. The Balaban J connectivity index is 1.11. The first-order valence-electron chi connectivity index (χ1n) is 10.9. The van der Waals surface area contributed by atoms with Crippen molar-refractivity contribution in [1.29, 1.82) is 0 Å². The Morgan fingerprint density at radius 3 is 2.74 bits per heavy atom. The van der Waals surface area contributed by atoms with Crippen LogP contribution in [0.3, 0.4) is 0 Å². The van der Waals surface area contributed by atoms with E-state index >= 15 is 0 Å². The number of pyridine rings is 3. The number of fused-ring (bicyclic) bond motifs is 2. The molecule has 1 N–H and O–H groups in total. The van der Waals surface area contributed by atoms with E-state index in [1.807, 2.05) is 22.8 Å². The Morgan fingerprint density at radius 2 is 1.87 bits per heavy atom. The molecule has 8 heteroatoms. The second-order valence-electron chi connectivity index (χ2n) is 8.07. The summed E-state index contributed by atoms with van der Waals surface area (Å²) in [5, 5.41) is 4.67. The van der Waals surface area contributed by atoms with Gasteiger partial charge in [0.15, 0.2) is 11.5 Å². The molecule has 0 unspecified atom stereocenters. The van der Waals surface area contributed by atoms with Crippen LogP contribution in [0, 0.1) is 0 Å². The molecule has 0 aliphatic carbocycles. The number of piperidine rings is 1. The highest BCUT2D eigenvalue weighted by molar-refractivity contribution is 5.77. The molecule has 2 aliphatic rings. The van der Waals surface area contributed by atoms with Crippen molar-refractivity contribution in [3.63, 3.8) is 0 Å². The zero-order valence-corrected chi connectivity index (χ0v) is 17.5. The van der Waals surface area contributed by atoms with Gasteiger partial charge in [0.25, 0.3) is 5.56 Å². The normalized spacial score (nSPS) is 17.2. The van der Waals surface area contributed by atoms with Gasteiger partial charge < -0.3 is 24.3 Å². The number of ether oxygens (including phenoxy) is 2. The number of hydrogen-bond donors (Lipinski definition) is 1. The summed E-state index contributed by atoms with van der Waals surface area (Å²) in [4.78, 5) is 23.4. The molecule has 3 aromatic rings. The van der Waals surface area contributed by atoms with E-state index in [1.165, 1.54) is 0 Å². The maximum atomic E-state index is 12.4. The third-order valence-corrected chi connectivity index (χ3v) is 6.08. The number of aromatic nitrogens is 3. The fourth-order valence-electron chi connectivity index (χ4n) is 4.30. The highest BCUT2D eigenvalue weighted by atomic mass is 16.6. The summed E-state index contributed by atoms with van der Waals surface area (Å²) in [5.74, 6) is 1.51. The molecule has 1 fully saturated rings. The van der Waals surface area contributed by atoms with Crippen LogP contribution in [-0.2, 0) is 13.1 Å². The number of nitrogens with one attached hydrogen (secondary N) is 1. The summed E-state index contributed by atoms with van der Waals surface area (Å²) in [6, 6.07) is 7.89. The van der Waals surface area contributed by atoms with Crippen molar-refractivity contribution in [2.24, 2.45) is 0 Å². The first kappa shape index (κ1) is 20.0. The Hall–Kier alpha value is -2.97. The Morgan fingerprint density at radius 1 is 1.03 bits per heavy atom. The molecule has 5 rings (SSSR count). The molecule has 5 heterocycles. The van der Waals surface area contributed by atoms with Gasteiger partial charge in [0.05, 0.1) is 23.6 Å². The second-order valence-corrected chi connectivity index (χ2v) is 8.07. The zero-order chi connectivity index (χ0) is 21.0. The van der Waals surface area contributed by atoms with E-state index in [4.69, 9.17) is 9.47 Å². The molecule has 31 heavy (non-hydrogen) atoms. The van der Waals surface area contributed by atoms with E-state index in [1.54, 1.807) is 24.7 Å². The van der Waals surface area contributed by atoms with Crippen LogP contribution in [0.5, 0.6) is 11.5 Å². The fraction of sp³-hybridized carbons (Fsp3) is 0.435. The molecule has 0 aromatic carbocycles. The fourth-order valence-corrected chi connectivity index (χ4v) is 4.30. The van der Waals surface area contributed by atoms with Gasteiger partial charge in [-0.2, -0.15) is 0 Å². The summed E-state index contributed by atoms with van der Waals surface area (Å²) in [7, 11) is 0. The quantitative estimate of drug-likeness (QED) is 0.650. The lowest BCUT2D eigenvalue weighted by atomic mass is 10.0. The van der Waals surface area contributed by atoms with Crippen LogP contribution in [0.25, 0.3) is 10.9 Å². The van der Waals surface area contributed by atoms with Crippen LogP contribution in [0.2, 0.25) is 0 Å². The first-order chi connectivity index (χ1) is 15.3. The number of nitrogens with zero attached hydrogens (tertiary/aromatic N) is 4. The van der Waals surface area contributed by atoms with Gasteiger partial charge in [0.1, 0.15) is 13.2 Å². The van der Waals surface area contributed by atoms with Crippen LogP contribution < -0.4 is 20.3 Å². The largest absolute Gasteiger partial charge is 0.486 e. The lowest BCUT2D eigenvalue weighted by Crippen LogP contribution is -2.43. The van der Waals surface area contributed by atoms with Crippen molar-refractivity contribution in [2.45, 2.75) is 32.0 Å². The van der Waals surface area contributed by atoms with Crippen molar-refractivity contribution in [1.82, 2.24) is 24.8 Å². The molecule has 0 amide bonds. The van der Waals surface area contributed by atoms with Crippen molar-refractivity contribution in [3.05, 3.63) is 58.9 Å². The zero-order valence-electron chi connectivity index (χ0n) is 17.5. The van der Waals surface area contributed by atoms with Gasteiger partial charge in [-0.15, -0.1) is 0 Å². The second kappa shape index (κ2) is 9.03. The third-order valence-electron chi connectivity index (χ3n) is 6.08. The van der Waals surface area contributed by atoms with Gasteiger partial charge in [-0.05, 0) is 38.1 Å². The molecule has 0 spiro atoms. The molecular weight excluding hydrogens is 394 g/mol. The standard InChI is InChI=1S/C23H27N5O3/c29-23-2-1-17-3-6-24-15-20(17)28(23)10-9-27-7-4-18(5-8-27)25-14-19-13-21-22(16-26-19)31-12-11-30-21/h1-3,6,13,15-16,18,25H,4-5,7-12,14H2. The lowest BCUT2D eigenvalue weighted by Gasteiger charge is -2.32. The summed E-state index contributed by atoms with van der Waals surface area (Å²) < 4.78 is 13.0. The summed E-state index contributed by atoms with van der Waals surface area (Å²) >= 11 is 0. The number of hydrogen-bond acceptors (Lipinski definition) is 7. The monoisotopic (exact) mass is 421 g/mol. The van der Waals surface area contributed by atoms with Crippen LogP contribution in [0.1, 0.15) is 18.5 Å². The average molecular weight is 422 g/mol. The molecule has 0 saturated carbocycles. The minimum absolute atomic E-state index is 0.0315. The van der Waals surface area contributed by atoms with Gasteiger partial charge in [-0.3, -0.25) is 14.8 Å². The van der Waals surface area contributed by atoms with E-state index in [0.29, 0.717) is 25.8 Å². The molecule has 0 radical (unpaired) electrons. The molecule has 2 aliphatic heterocycles. The Labute approximate surface area is 180 Å². The number of rotatable bonds is 6. The molecular formula is C23H27N5O3. The molecule has 1 saturated heterocycles. The van der Waals surface area contributed by atoms with Gasteiger partial charge >= 0.3 is 0 Å². The molecule has 0 atom stereocenters. The van der Waals surface area contributed by atoms with E-state index in [2.05, 4.69) is 20.2 Å². The van der Waals surface area contributed by atoms with Gasteiger partial charge in [0, 0.05) is 49.4 Å². The topological polar surface area (TPSA) is 81.5 Å². The van der Waals surface area contributed by atoms with E-state index in [-0.39, 0.29) is 5.56 Å². The van der Waals surface area contributed by atoms with Crippen LogP contribution in [0.4, 0.5) is 0 Å². The smallest absolute Gasteiger partial charge is 0.251 e. The van der Waals surface area contributed by atoms with Crippen LogP contribution in [0.15, 0.2) is 47.7 Å². The predicted molar refractivity (Wildman–Crippen MR) is 118 cm³/mol. The lowest BCUT2D eigenvalue weighted by molar-refractivity contribution is 0.170. The minimum Gasteiger partial charge on any atom is -0.486 e. The Kier molecular flexibility index (Phi) is 5.82. The maximum Gasteiger partial charge on any atom is 0.251 e. The summed E-state index contributed by atoms with van der Waals surface area (Å²) in [6.07, 6.45) is 7.44. The van der Waals surface area contributed by atoms with Crippen LogP contribution >= 0.6 is 0 Å². The first-order valence-corrected chi connectivity index (χ1v) is 10.9. The average Bonchev–Trinajstić information content (AvgIpc) is 2.82. The van der Waals surface area contributed by atoms with Crippen molar-refractivity contribution in [2.75, 3.05) is 32.8 Å². The van der Waals surface area contributed by atoms with Gasteiger partial charge in [0.2, 0.25) is 0 Å². The SMILES string of the molecule is O=c1ccc2ccncc2n1CCN1CCC(NCc2cc3c(cn2)OCCO3)CC1. The molecule has 8 nitrogen and oxygen atoms in total. The molecule has 0 bridgehead atoms. The van der Waals surface area contributed by atoms with Crippen molar-refractivity contribution in [3.8, 4) is 11.5 Å². The van der Waals surface area contributed by atoms with E-state index < -0.39 is 0 Å². The minimum atomic E-state index is 0.0315. The third kappa shape index (κ3) is 4.55. The van der Waals surface area contributed by atoms with Gasteiger partial charge in [-0.1, -0.05) is 0 Å². The van der Waals surface area contributed by atoms with Crippen molar-refractivity contribution < 1.29 is 9.47 Å². The van der Waals surface area contributed by atoms with Gasteiger partial charge in [-0.25, -0.2) is 0 Å². The summed E-state index contributed by atoms with van der Waals surface area (Å²) in [6.45, 7) is 5.47. The van der Waals surface area contributed by atoms with Crippen molar-refractivity contribution >= 4 is 10.9 Å². The summed E-state index contributed by atoms with van der Waals surface area (Å²) in [5.41, 5.74) is 1.90. The molecule has 162 valence electrons. The van der Waals surface area contributed by atoms with E-state index in [9.17, 15) is 4.79 Å². The van der Waals surface area contributed by atoms with Crippen LogP contribution in [-0.4, -0.2) is 58.3 Å². The highest BCUT2D eigenvalue weighted by Crippen LogP contribution is 2.29. The Bertz CT molecular complexity index is 1110. The molecule has 3 aromatic heterocycles. The van der Waals surface area contributed by atoms with E-state index in [0.717, 1.165) is 67.1 Å². The maximum absolute atomic E-state index is 12.4. The number of likely N-dealkylation sites (tertiary alicyclic amines) is 1.